The summed E-state index contributed by atoms with van der Waals surface area (Å²) in [5, 5.41) is 15.2. The van der Waals surface area contributed by atoms with Crippen LogP contribution in [0.4, 0.5) is 8.78 Å². The van der Waals surface area contributed by atoms with Crippen molar-refractivity contribution in [2.24, 2.45) is 0 Å². The van der Waals surface area contributed by atoms with Crippen molar-refractivity contribution in [2.45, 2.75) is 64.0 Å². The fourth-order valence-electron chi connectivity index (χ4n) is 12.6. The molecule has 2 amide bonds. The van der Waals surface area contributed by atoms with Crippen LogP contribution in [0.5, 0.6) is 23.0 Å². The lowest BCUT2D eigenvalue weighted by Gasteiger charge is -2.30. The predicted octanol–water partition coefficient (Wildman–Crippen LogP) is 15.3. The zero-order valence-electron chi connectivity index (χ0n) is 51.3. The lowest BCUT2D eigenvalue weighted by atomic mass is 9.85. The van der Waals surface area contributed by atoms with Crippen LogP contribution in [0.1, 0.15) is 71.8 Å². The third kappa shape index (κ3) is 13.3. The van der Waals surface area contributed by atoms with Crippen LogP contribution >= 0.6 is 22.7 Å². The van der Waals surface area contributed by atoms with Gasteiger partial charge in [0.2, 0.25) is 11.8 Å². The molecule has 10 heterocycles. The molecule has 1 atom stereocenters. The van der Waals surface area contributed by atoms with Crippen molar-refractivity contribution in [2.75, 3.05) is 59.3 Å². The average Bonchev–Trinajstić information content (AvgIpc) is 1.75. The van der Waals surface area contributed by atoms with Crippen molar-refractivity contribution in [1.29, 1.82) is 0 Å². The Balaban J connectivity index is 0.000000169. The quantitative estimate of drug-likeness (QED) is 0.0743. The number of carbonyl (C=O) groups excluding carboxylic acids is 2. The normalized spacial score (nSPS) is 15.7. The molecule has 4 aliphatic heterocycles. The van der Waals surface area contributed by atoms with E-state index in [0.717, 1.165) is 141 Å². The molecular weight excluding hydrogens is 1210 g/mol. The molecule has 0 aliphatic carbocycles. The number of para-hydroxylation sites is 2. The molecule has 1 unspecified atom stereocenters. The summed E-state index contributed by atoms with van der Waals surface area (Å²) in [5.41, 5.74) is 13.9. The fraction of sp³-hybridized carbons (Fsp3) is 0.253. The Morgan fingerprint density at radius 3 is 1.99 bits per heavy atom. The second kappa shape index (κ2) is 28.6. The minimum Gasteiger partial charge on any atom is -0.493 e. The number of unbranched alkanes of at least 4 members (excludes halogenated alkanes) is 2. The standard InChI is InChI=1S/C38H36FN3O4S.C37H32FN3O4S/c1-2-34(44)42-15-12-31-25(23-42)20-24(22-40-31)27-13-18-46-33-21-26(39)10-11-28(33)35-37(27)41-36(30-14-19-47-38(30)35)29-8-4-5-9-32(29)45-17-7-3-6-16-43;1-2-33(42)41-14-12-30-25(23-41)20-24(22-39-30)35-34-27-11-10-26(38)21-32(27)45-18-17-43-15-6-3-7-16-44-31-9-5-4-8-28(31)36(40-35)29-13-19-46-37(29)34/h2,4-5,8-11,14,19-22,27,43H,1,3,6-7,12-13,15-18,23H2;2-6,8-11,13,19-22H,1,7,12,14-18,23H2/b;6-3+. The number of rotatable bonds is 11. The molecular formula is C75H68F2N6O8S2. The van der Waals surface area contributed by atoms with E-state index in [1.165, 1.54) is 36.4 Å². The molecule has 0 saturated carbocycles. The molecule has 18 heteroatoms. The summed E-state index contributed by atoms with van der Waals surface area (Å²) in [7, 11) is 0. The average molecular weight is 1280 g/mol. The van der Waals surface area contributed by atoms with E-state index in [1.807, 2.05) is 78.5 Å². The van der Waals surface area contributed by atoms with Gasteiger partial charge in [-0.25, -0.2) is 13.8 Å². The fourth-order valence-corrected chi connectivity index (χ4v) is 14.5. The van der Waals surface area contributed by atoms with Crippen LogP contribution in [-0.2, 0) is 40.3 Å². The van der Waals surface area contributed by atoms with Crippen molar-refractivity contribution in [1.82, 2.24) is 29.7 Å². The molecule has 0 radical (unpaired) electrons. The molecule has 14 nitrogen and oxygen atoms in total. The second-order valence-electron chi connectivity index (χ2n) is 23.0. The van der Waals surface area contributed by atoms with Gasteiger partial charge in [-0.1, -0.05) is 49.6 Å². The highest BCUT2D eigenvalue weighted by molar-refractivity contribution is 7.18. The Kier molecular flexibility index (Phi) is 19.2. The van der Waals surface area contributed by atoms with Crippen LogP contribution in [0.3, 0.4) is 0 Å². The predicted molar refractivity (Wildman–Crippen MR) is 361 cm³/mol. The molecule has 10 aromatic rings. The summed E-state index contributed by atoms with van der Waals surface area (Å²) in [6.45, 7) is 12.1. The number of carbonyl (C=O) groups is 2. The summed E-state index contributed by atoms with van der Waals surface area (Å²) in [6, 6.07) is 33.6. The van der Waals surface area contributed by atoms with Gasteiger partial charge in [-0.3, -0.25) is 24.5 Å². The Labute approximate surface area is 546 Å². The maximum absolute atomic E-state index is 14.7. The maximum atomic E-state index is 14.7. The highest BCUT2D eigenvalue weighted by Gasteiger charge is 2.32. The van der Waals surface area contributed by atoms with Gasteiger partial charge < -0.3 is 38.6 Å². The SMILES string of the molecule is C=CC(=O)N1CCc2ncc(-c3nc4c5ccsc5c3-c3ccc(F)cc3OCCOC/C=C/CCOc3ccccc3-4)cc2C1.C=CC(=O)N1CCc2ncc(C3CCOc4cc(F)ccc4-c4c3nc(-c3ccccc3OCCCCCO)c3ccsc43)cc2C1. The number of halogens is 2. The number of aliphatic hydroxyl groups excluding tert-OH is 1. The first-order chi connectivity index (χ1) is 45.7. The minimum atomic E-state index is -0.396. The third-order valence-electron chi connectivity index (χ3n) is 17.2. The van der Waals surface area contributed by atoms with Crippen LogP contribution in [0, 0.1) is 11.6 Å². The molecule has 0 saturated heterocycles. The van der Waals surface area contributed by atoms with E-state index in [4.69, 9.17) is 43.6 Å². The number of thiophene rings is 2. The number of aromatic nitrogens is 4. The summed E-state index contributed by atoms with van der Waals surface area (Å²) >= 11 is 3.22. The lowest BCUT2D eigenvalue weighted by Crippen LogP contribution is -2.35. The van der Waals surface area contributed by atoms with Gasteiger partial charge in [0.1, 0.15) is 41.2 Å². The number of amides is 2. The van der Waals surface area contributed by atoms with E-state index < -0.39 is 5.82 Å². The van der Waals surface area contributed by atoms with Crippen LogP contribution in [0.25, 0.3) is 76.2 Å². The molecule has 2 bridgehead atoms. The monoisotopic (exact) mass is 1280 g/mol. The van der Waals surface area contributed by atoms with Crippen molar-refractivity contribution in [3.63, 3.8) is 0 Å². The Hall–Kier alpha value is -9.46. The van der Waals surface area contributed by atoms with Crippen molar-refractivity contribution < 1.29 is 47.2 Å². The largest absolute Gasteiger partial charge is 0.493 e. The molecule has 4 aliphatic rings. The van der Waals surface area contributed by atoms with Gasteiger partial charge in [0, 0.05) is 147 Å². The van der Waals surface area contributed by atoms with E-state index in [2.05, 4.69) is 42.8 Å². The van der Waals surface area contributed by atoms with Crippen LogP contribution in [0.15, 0.2) is 170 Å². The van der Waals surface area contributed by atoms with Crippen LogP contribution in [0.2, 0.25) is 0 Å². The number of benzene rings is 4. The van der Waals surface area contributed by atoms with Crippen molar-refractivity contribution >= 4 is 54.7 Å². The number of pyridine rings is 4. The van der Waals surface area contributed by atoms with E-state index in [9.17, 15) is 23.5 Å². The molecule has 6 aromatic heterocycles. The first-order valence-corrected chi connectivity index (χ1v) is 33.2. The maximum Gasteiger partial charge on any atom is 0.246 e. The van der Waals surface area contributed by atoms with E-state index in [0.29, 0.717) is 95.7 Å². The third-order valence-corrected chi connectivity index (χ3v) is 19.0. The molecule has 14 rings (SSSR count). The molecule has 4 aromatic carbocycles. The Morgan fingerprint density at radius 2 is 1.27 bits per heavy atom. The van der Waals surface area contributed by atoms with Crippen molar-refractivity contribution in [3.8, 4) is 79.0 Å². The van der Waals surface area contributed by atoms with Crippen LogP contribution < -0.4 is 18.9 Å². The summed E-state index contributed by atoms with van der Waals surface area (Å²) in [6.07, 6.45) is 15.6. The van der Waals surface area contributed by atoms with Gasteiger partial charge in [-0.2, -0.15) is 0 Å². The Bertz CT molecular complexity index is 4490. The second-order valence-corrected chi connectivity index (χ2v) is 24.8. The zero-order chi connectivity index (χ0) is 63.8. The molecule has 1 N–H and O–H groups in total. The van der Waals surface area contributed by atoms with Crippen LogP contribution in [-0.4, -0.2) is 106 Å². The van der Waals surface area contributed by atoms with E-state index in [-0.39, 0.29) is 36.8 Å². The lowest BCUT2D eigenvalue weighted by molar-refractivity contribution is -0.127. The van der Waals surface area contributed by atoms with Gasteiger partial charge in [0.25, 0.3) is 0 Å². The summed E-state index contributed by atoms with van der Waals surface area (Å²) in [4.78, 5) is 49.1. The first-order valence-electron chi connectivity index (χ1n) is 31.4. The number of ether oxygens (including phenoxy) is 5. The van der Waals surface area contributed by atoms with Gasteiger partial charge >= 0.3 is 0 Å². The molecule has 0 fully saturated rings. The number of nitrogens with zero attached hydrogens (tertiary/aromatic N) is 6. The molecule has 0 spiro atoms. The van der Waals surface area contributed by atoms with Gasteiger partial charge in [0.15, 0.2) is 0 Å². The van der Waals surface area contributed by atoms with E-state index >= 15 is 0 Å². The summed E-state index contributed by atoms with van der Waals surface area (Å²) in [5.74, 6) is 1.28. The number of aliphatic hydroxyl groups is 1. The van der Waals surface area contributed by atoms with Gasteiger partial charge in [-0.15, -0.1) is 22.7 Å². The van der Waals surface area contributed by atoms with Gasteiger partial charge in [0.05, 0.1) is 55.8 Å². The zero-order valence-corrected chi connectivity index (χ0v) is 52.9. The highest BCUT2D eigenvalue weighted by Crippen LogP contribution is 2.51. The first kappa shape index (κ1) is 62.4. The minimum absolute atomic E-state index is 0.0877. The number of fused-ring (bicyclic) bond motifs is 11. The van der Waals surface area contributed by atoms with E-state index in [1.54, 1.807) is 44.6 Å². The topological polar surface area (TPSA) is 159 Å². The molecule has 472 valence electrons. The Morgan fingerprint density at radius 1 is 0.634 bits per heavy atom. The number of hydrogen-bond donors (Lipinski definition) is 1. The number of hydrogen-bond acceptors (Lipinski definition) is 14. The highest BCUT2D eigenvalue weighted by atomic mass is 32.1. The molecule has 93 heavy (non-hydrogen) atoms. The van der Waals surface area contributed by atoms with Gasteiger partial charge in [-0.05, 0) is 145 Å². The van der Waals surface area contributed by atoms with Crippen molar-refractivity contribution in [3.05, 3.63) is 215 Å². The summed E-state index contributed by atoms with van der Waals surface area (Å²) < 4.78 is 62.0. The smallest absolute Gasteiger partial charge is 0.246 e.